The molecule has 3 rings (SSSR count). The molecule has 0 bridgehead atoms. The summed E-state index contributed by atoms with van der Waals surface area (Å²) >= 11 is 0. The molecule has 0 unspecified atom stereocenters. The Morgan fingerprint density at radius 3 is 1.97 bits per heavy atom. The molecule has 0 radical (unpaired) electrons. The van der Waals surface area contributed by atoms with Crippen molar-refractivity contribution in [3.8, 4) is 17.2 Å². The van der Waals surface area contributed by atoms with Crippen LogP contribution in [0.3, 0.4) is 0 Å². The van der Waals surface area contributed by atoms with E-state index in [1.54, 1.807) is 0 Å². The highest BCUT2D eigenvalue weighted by molar-refractivity contribution is 5.91. The Balaban J connectivity index is 1.67. The molecule has 2 fully saturated rings. The van der Waals surface area contributed by atoms with Crippen molar-refractivity contribution in [1.29, 1.82) is 0 Å². The fourth-order valence-electron chi connectivity index (χ4n) is 3.39. The summed E-state index contributed by atoms with van der Waals surface area (Å²) in [6.07, 6.45) is -15.6. The highest BCUT2D eigenvalue weighted by Gasteiger charge is 2.47. The van der Waals surface area contributed by atoms with Crippen molar-refractivity contribution < 1.29 is 69.7 Å². The molecular formula is C19H26O14. The average Bonchev–Trinajstić information content (AvgIpc) is 2.78. The molecular weight excluding hydrogens is 452 g/mol. The highest BCUT2D eigenvalue weighted by Crippen LogP contribution is 2.36. The van der Waals surface area contributed by atoms with Crippen LogP contribution in [0.15, 0.2) is 12.1 Å². The van der Waals surface area contributed by atoms with Gasteiger partial charge < -0.3 is 64.9 Å². The van der Waals surface area contributed by atoms with Gasteiger partial charge in [0.05, 0.1) is 18.3 Å². The van der Waals surface area contributed by atoms with Crippen LogP contribution in [0.1, 0.15) is 17.3 Å². The fourth-order valence-corrected chi connectivity index (χ4v) is 3.39. The molecule has 0 aromatic heterocycles. The molecule has 1 aromatic carbocycles. The monoisotopic (exact) mass is 478 g/mol. The van der Waals surface area contributed by atoms with Gasteiger partial charge in [0.1, 0.15) is 42.7 Å². The third-order valence-corrected chi connectivity index (χ3v) is 5.43. The number of phenolic OH excluding ortho intramolecular Hbond substituents is 3. The van der Waals surface area contributed by atoms with E-state index in [1.807, 2.05) is 0 Å². The normalized spacial score (nSPS) is 39.2. The van der Waals surface area contributed by atoms with Crippen molar-refractivity contribution in [3.63, 3.8) is 0 Å². The molecule has 33 heavy (non-hydrogen) atoms. The zero-order chi connectivity index (χ0) is 24.6. The minimum Gasteiger partial charge on any atom is -0.504 e. The second-order valence-electron chi connectivity index (χ2n) is 7.80. The fraction of sp³-hybridized carbons (Fsp3) is 0.632. The van der Waals surface area contributed by atoms with E-state index in [9.17, 15) is 50.8 Å². The SMILES string of the molecule is C[C@@H]1O[C@@H](OC[C@H]2O[C@@H](OC(=O)c3cc(O)c(O)c(O)c3)[C@H](O)[C@@H](O)[C@@H]2O)[C@H](O)[C@@H](O)[C@@H]1O. The molecule has 0 saturated carbocycles. The molecule has 14 nitrogen and oxygen atoms in total. The number of hydrogen-bond donors (Lipinski definition) is 9. The number of aliphatic hydroxyl groups is 6. The number of aliphatic hydroxyl groups excluding tert-OH is 6. The van der Waals surface area contributed by atoms with E-state index in [1.165, 1.54) is 6.92 Å². The van der Waals surface area contributed by atoms with E-state index < -0.39 is 96.8 Å². The number of esters is 1. The van der Waals surface area contributed by atoms with Crippen LogP contribution in [0.25, 0.3) is 0 Å². The van der Waals surface area contributed by atoms with Gasteiger partial charge in [-0.25, -0.2) is 4.79 Å². The number of carbonyl (C=O) groups is 1. The number of benzene rings is 1. The highest BCUT2D eigenvalue weighted by atomic mass is 16.7. The van der Waals surface area contributed by atoms with Gasteiger partial charge >= 0.3 is 5.97 Å². The van der Waals surface area contributed by atoms with E-state index in [4.69, 9.17) is 18.9 Å². The quantitative estimate of drug-likeness (QED) is 0.148. The number of hydrogen-bond acceptors (Lipinski definition) is 14. The van der Waals surface area contributed by atoms with Crippen molar-refractivity contribution in [2.45, 2.75) is 68.3 Å². The Morgan fingerprint density at radius 2 is 1.36 bits per heavy atom. The van der Waals surface area contributed by atoms with Gasteiger partial charge in [0, 0.05) is 0 Å². The maximum Gasteiger partial charge on any atom is 0.340 e. The molecule has 1 aromatic rings. The summed E-state index contributed by atoms with van der Waals surface area (Å²) in [5.41, 5.74) is -0.424. The van der Waals surface area contributed by atoms with Crippen LogP contribution in [0, 0.1) is 0 Å². The van der Waals surface area contributed by atoms with Crippen molar-refractivity contribution >= 4 is 5.97 Å². The molecule has 2 saturated heterocycles. The van der Waals surface area contributed by atoms with Gasteiger partial charge in [0.15, 0.2) is 23.5 Å². The number of carbonyl (C=O) groups excluding carboxylic acids is 1. The van der Waals surface area contributed by atoms with E-state index in [2.05, 4.69) is 0 Å². The van der Waals surface area contributed by atoms with Crippen LogP contribution in [0.2, 0.25) is 0 Å². The molecule has 186 valence electrons. The molecule has 2 aliphatic rings. The van der Waals surface area contributed by atoms with Crippen LogP contribution in [-0.2, 0) is 18.9 Å². The third kappa shape index (κ3) is 5.13. The van der Waals surface area contributed by atoms with Gasteiger partial charge in [-0.05, 0) is 19.1 Å². The zero-order valence-electron chi connectivity index (χ0n) is 17.2. The molecule has 10 atom stereocenters. The smallest absolute Gasteiger partial charge is 0.340 e. The molecule has 2 aliphatic heterocycles. The van der Waals surface area contributed by atoms with Crippen LogP contribution < -0.4 is 0 Å². The molecule has 2 heterocycles. The van der Waals surface area contributed by atoms with Crippen LogP contribution in [0.5, 0.6) is 17.2 Å². The molecule has 14 heteroatoms. The van der Waals surface area contributed by atoms with Crippen LogP contribution in [0.4, 0.5) is 0 Å². The second-order valence-corrected chi connectivity index (χ2v) is 7.80. The molecule has 9 N–H and O–H groups in total. The van der Waals surface area contributed by atoms with E-state index in [0.717, 1.165) is 12.1 Å². The Labute approximate surface area is 186 Å². The van der Waals surface area contributed by atoms with E-state index >= 15 is 0 Å². The summed E-state index contributed by atoms with van der Waals surface area (Å²) in [6, 6.07) is 1.56. The van der Waals surface area contributed by atoms with Gasteiger partial charge in [-0.2, -0.15) is 0 Å². The van der Waals surface area contributed by atoms with Crippen molar-refractivity contribution in [3.05, 3.63) is 17.7 Å². The minimum absolute atomic E-state index is 0.424. The summed E-state index contributed by atoms with van der Waals surface area (Å²) in [5.74, 6) is -3.72. The maximum absolute atomic E-state index is 12.3. The zero-order valence-corrected chi connectivity index (χ0v) is 17.2. The first kappa shape index (κ1) is 25.4. The summed E-state index contributed by atoms with van der Waals surface area (Å²) in [5, 5.41) is 88.3. The van der Waals surface area contributed by atoms with Gasteiger partial charge in [0.2, 0.25) is 6.29 Å². The predicted octanol–water partition coefficient (Wildman–Crippen LogP) is -3.39. The summed E-state index contributed by atoms with van der Waals surface area (Å²) in [7, 11) is 0. The first-order chi connectivity index (χ1) is 15.4. The molecule has 0 spiro atoms. The number of rotatable bonds is 5. The second kappa shape index (κ2) is 9.92. The van der Waals surface area contributed by atoms with Crippen LogP contribution >= 0.6 is 0 Å². The number of phenols is 3. The summed E-state index contributed by atoms with van der Waals surface area (Å²) in [4.78, 5) is 12.3. The van der Waals surface area contributed by atoms with Crippen molar-refractivity contribution in [2.24, 2.45) is 0 Å². The Bertz CT molecular complexity index is 825. The molecule has 0 amide bonds. The Hall–Kier alpha value is -2.27. The number of aromatic hydroxyl groups is 3. The van der Waals surface area contributed by atoms with Crippen LogP contribution in [-0.4, -0.2) is 120 Å². The lowest BCUT2D eigenvalue weighted by Gasteiger charge is -2.42. The number of ether oxygens (including phenoxy) is 4. The Kier molecular flexibility index (Phi) is 7.62. The first-order valence-electron chi connectivity index (χ1n) is 9.89. The van der Waals surface area contributed by atoms with Gasteiger partial charge in [-0.1, -0.05) is 0 Å². The van der Waals surface area contributed by atoms with E-state index in [0.29, 0.717) is 0 Å². The predicted molar refractivity (Wildman–Crippen MR) is 102 cm³/mol. The lowest BCUT2D eigenvalue weighted by Crippen LogP contribution is -2.61. The summed E-state index contributed by atoms with van der Waals surface area (Å²) in [6.45, 7) is 0.869. The lowest BCUT2D eigenvalue weighted by molar-refractivity contribution is -0.321. The third-order valence-electron chi connectivity index (χ3n) is 5.43. The topological polar surface area (TPSA) is 236 Å². The lowest BCUT2D eigenvalue weighted by atomic mass is 9.98. The van der Waals surface area contributed by atoms with Crippen molar-refractivity contribution in [2.75, 3.05) is 6.61 Å². The average molecular weight is 478 g/mol. The minimum atomic E-state index is -1.90. The first-order valence-corrected chi connectivity index (χ1v) is 9.89. The largest absolute Gasteiger partial charge is 0.504 e. The van der Waals surface area contributed by atoms with Crippen molar-refractivity contribution in [1.82, 2.24) is 0 Å². The van der Waals surface area contributed by atoms with E-state index in [-0.39, 0.29) is 0 Å². The maximum atomic E-state index is 12.3. The summed E-state index contributed by atoms with van der Waals surface area (Å²) < 4.78 is 20.8. The molecule has 0 aliphatic carbocycles. The standard InChI is InChI=1S/C19H26O14/c1-5-10(22)13(25)15(27)18(31-5)30-4-9-12(24)14(26)16(28)19(32-9)33-17(29)6-2-7(20)11(23)8(21)3-6/h2-3,5,9-10,12-16,18-28H,4H2,1H3/t5-,9+,10+,12+,13-,14-,15+,16+,18+,19-/m0/s1. The van der Waals surface area contributed by atoms with Gasteiger partial charge in [-0.3, -0.25) is 0 Å². The Morgan fingerprint density at radius 1 is 0.818 bits per heavy atom. The van der Waals surface area contributed by atoms with Gasteiger partial charge in [0.25, 0.3) is 0 Å². The van der Waals surface area contributed by atoms with Gasteiger partial charge in [-0.15, -0.1) is 0 Å².